The van der Waals surface area contributed by atoms with Crippen molar-refractivity contribution in [3.63, 3.8) is 0 Å². The summed E-state index contributed by atoms with van der Waals surface area (Å²) in [6, 6.07) is 10.6. The van der Waals surface area contributed by atoms with E-state index in [2.05, 4.69) is 42.6 Å². The van der Waals surface area contributed by atoms with Gasteiger partial charge in [0.05, 0.1) is 6.61 Å². The van der Waals surface area contributed by atoms with Gasteiger partial charge in [-0.3, -0.25) is 0 Å². The Morgan fingerprint density at radius 1 is 1.11 bits per heavy atom. The van der Waals surface area contributed by atoms with Gasteiger partial charge in [-0.15, -0.1) is 0 Å². The van der Waals surface area contributed by atoms with Gasteiger partial charge in [0.25, 0.3) is 0 Å². The van der Waals surface area contributed by atoms with Crippen LogP contribution >= 0.6 is 0 Å². The van der Waals surface area contributed by atoms with E-state index in [-0.39, 0.29) is 0 Å². The molecule has 2 unspecified atom stereocenters. The van der Waals surface area contributed by atoms with Crippen molar-refractivity contribution >= 4 is 0 Å². The van der Waals surface area contributed by atoms with Crippen molar-refractivity contribution in [3.05, 3.63) is 35.9 Å². The van der Waals surface area contributed by atoms with Crippen LogP contribution in [0, 0.1) is 5.92 Å². The van der Waals surface area contributed by atoms with E-state index < -0.39 is 0 Å². The van der Waals surface area contributed by atoms with Crippen molar-refractivity contribution in [2.24, 2.45) is 5.92 Å². The van der Waals surface area contributed by atoms with Gasteiger partial charge in [-0.2, -0.15) is 0 Å². The molecule has 102 valence electrons. The van der Waals surface area contributed by atoms with Crippen molar-refractivity contribution in [1.82, 2.24) is 5.32 Å². The molecule has 0 spiro atoms. The molecule has 1 N–H and O–H groups in total. The van der Waals surface area contributed by atoms with Gasteiger partial charge < -0.3 is 14.8 Å². The topological polar surface area (TPSA) is 30.5 Å². The third-order valence-corrected chi connectivity index (χ3v) is 3.19. The molecule has 18 heavy (non-hydrogen) atoms. The monoisotopic (exact) mass is 251 g/mol. The number of hydrogen-bond donors (Lipinski definition) is 1. The second-order valence-corrected chi connectivity index (χ2v) is 4.65. The maximum atomic E-state index is 5.28. The predicted molar refractivity (Wildman–Crippen MR) is 75.0 cm³/mol. The second-order valence-electron chi connectivity index (χ2n) is 4.65. The van der Waals surface area contributed by atoms with E-state index in [1.54, 1.807) is 14.2 Å². The van der Waals surface area contributed by atoms with Gasteiger partial charge in [0.1, 0.15) is 0 Å². The Morgan fingerprint density at radius 2 is 1.83 bits per heavy atom. The van der Waals surface area contributed by atoms with E-state index >= 15 is 0 Å². The molecule has 0 saturated carbocycles. The van der Waals surface area contributed by atoms with Crippen LogP contribution < -0.4 is 5.32 Å². The summed E-state index contributed by atoms with van der Waals surface area (Å²) in [4.78, 5) is 0. The summed E-state index contributed by atoms with van der Waals surface area (Å²) < 4.78 is 10.3. The van der Waals surface area contributed by atoms with Crippen LogP contribution in [0.4, 0.5) is 0 Å². The molecule has 0 aliphatic carbocycles. The lowest BCUT2D eigenvalue weighted by molar-refractivity contribution is 0.144. The summed E-state index contributed by atoms with van der Waals surface area (Å²) in [5.41, 5.74) is 1.37. The lowest BCUT2D eigenvalue weighted by atomic mass is 9.87. The first-order valence-corrected chi connectivity index (χ1v) is 6.53. The van der Waals surface area contributed by atoms with Crippen molar-refractivity contribution in [3.8, 4) is 0 Å². The summed E-state index contributed by atoms with van der Waals surface area (Å²) in [5, 5.41) is 3.44. The van der Waals surface area contributed by atoms with Crippen molar-refractivity contribution < 1.29 is 9.47 Å². The van der Waals surface area contributed by atoms with Gasteiger partial charge in [0.2, 0.25) is 0 Å². The lowest BCUT2D eigenvalue weighted by Gasteiger charge is -2.24. The number of hydrogen-bond acceptors (Lipinski definition) is 3. The van der Waals surface area contributed by atoms with E-state index in [9.17, 15) is 0 Å². The molecule has 3 nitrogen and oxygen atoms in total. The molecule has 0 saturated heterocycles. The first-order valence-electron chi connectivity index (χ1n) is 6.53. The van der Waals surface area contributed by atoms with Crippen LogP contribution in [0.25, 0.3) is 0 Å². The van der Waals surface area contributed by atoms with Gasteiger partial charge in [0.15, 0.2) is 0 Å². The number of ether oxygens (including phenoxy) is 2. The highest BCUT2D eigenvalue weighted by Crippen LogP contribution is 2.24. The van der Waals surface area contributed by atoms with Gasteiger partial charge in [-0.05, 0) is 11.5 Å². The zero-order chi connectivity index (χ0) is 13.2. The normalized spacial score (nSPS) is 14.4. The maximum Gasteiger partial charge on any atom is 0.0587 e. The second kappa shape index (κ2) is 9.09. The van der Waals surface area contributed by atoms with Gasteiger partial charge in [0, 0.05) is 39.8 Å². The fourth-order valence-electron chi connectivity index (χ4n) is 2.16. The summed E-state index contributed by atoms with van der Waals surface area (Å²) >= 11 is 0. The number of nitrogens with one attached hydrogen (secondary N) is 1. The average Bonchev–Trinajstić information content (AvgIpc) is 2.40. The molecule has 0 aliphatic heterocycles. The average molecular weight is 251 g/mol. The Balaban J connectivity index is 2.58. The van der Waals surface area contributed by atoms with Gasteiger partial charge >= 0.3 is 0 Å². The Labute approximate surface area is 110 Å². The molecule has 3 heteroatoms. The van der Waals surface area contributed by atoms with Crippen molar-refractivity contribution in [1.29, 1.82) is 0 Å². The van der Waals surface area contributed by atoms with Gasteiger partial charge in [-0.1, -0.05) is 37.3 Å². The highest BCUT2D eigenvalue weighted by molar-refractivity contribution is 5.20. The SMILES string of the molecule is COCCNCC(c1ccccc1)C(C)COC. The largest absolute Gasteiger partial charge is 0.384 e. The van der Waals surface area contributed by atoms with E-state index in [1.165, 1.54) is 5.56 Å². The van der Waals surface area contributed by atoms with E-state index in [0.717, 1.165) is 26.3 Å². The van der Waals surface area contributed by atoms with Gasteiger partial charge in [-0.25, -0.2) is 0 Å². The summed E-state index contributed by atoms with van der Waals surface area (Å²) in [5.74, 6) is 0.968. The van der Waals surface area contributed by atoms with E-state index in [0.29, 0.717) is 11.8 Å². The minimum atomic E-state index is 0.475. The molecule has 0 heterocycles. The van der Waals surface area contributed by atoms with E-state index in [4.69, 9.17) is 9.47 Å². The molecule has 0 amide bonds. The van der Waals surface area contributed by atoms with E-state index in [1.807, 2.05) is 0 Å². The Hall–Kier alpha value is -0.900. The van der Waals surface area contributed by atoms with Crippen LogP contribution in [0.3, 0.4) is 0 Å². The van der Waals surface area contributed by atoms with Crippen LogP contribution in [-0.4, -0.2) is 40.5 Å². The lowest BCUT2D eigenvalue weighted by Crippen LogP contribution is -2.29. The molecular weight excluding hydrogens is 226 g/mol. The van der Waals surface area contributed by atoms with Crippen LogP contribution in [0.1, 0.15) is 18.4 Å². The predicted octanol–water partition coefficient (Wildman–Crippen LogP) is 2.29. The van der Waals surface area contributed by atoms with Crippen LogP contribution in [0.15, 0.2) is 30.3 Å². The first-order chi connectivity index (χ1) is 8.79. The minimum absolute atomic E-state index is 0.475. The van der Waals surface area contributed by atoms with Crippen molar-refractivity contribution in [2.75, 3.05) is 40.5 Å². The molecule has 1 aromatic rings. The maximum absolute atomic E-state index is 5.28. The number of benzene rings is 1. The van der Waals surface area contributed by atoms with Crippen LogP contribution in [0.5, 0.6) is 0 Å². The molecule has 0 fully saturated rings. The highest BCUT2D eigenvalue weighted by Gasteiger charge is 2.18. The Morgan fingerprint density at radius 3 is 2.44 bits per heavy atom. The Kier molecular flexibility index (Phi) is 7.65. The fourth-order valence-corrected chi connectivity index (χ4v) is 2.16. The smallest absolute Gasteiger partial charge is 0.0587 e. The zero-order valence-electron chi connectivity index (χ0n) is 11.7. The van der Waals surface area contributed by atoms with Crippen LogP contribution in [-0.2, 0) is 9.47 Å². The third kappa shape index (κ3) is 5.17. The molecule has 0 bridgehead atoms. The highest BCUT2D eigenvalue weighted by atomic mass is 16.5. The minimum Gasteiger partial charge on any atom is -0.384 e. The first kappa shape index (κ1) is 15.2. The molecule has 1 aromatic carbocycles. The quantitative estimate of drug-likeness (QED) is 0.683. The molecule has 2 atom stereocenters. The van der Waals surface area contributed by atoms with Crippen molar-refractivity contribution in [2.45, 2.75) is 12.8 Å². The Bertz CT molecular complexity index is 303. The van der Waals surface area contributed by atoms with Crippen LogP contribution in [0.2, 0.25) is 0 Å². The molecule has 0 radical (unpaired) electrons. The summed E-state index contributed by atoms with van der Waals surface area (Å²) in [7, 11) is 3.49. The molecular formula is C15H25NO2. The summed E-state index contributed by atoms with van der Waals surface area (Å²) in [6.45, 7) is 5.61. The standard InChI is InChI=1S/C15H25NO2/c1-13(12-18-3)15(11-16-9-10-17-2)14-7-5-4-6-8-14/h4-8,13,15-16H,9-12H2,1-3H3. The zero-order valence-corrected chi connectivity index (χ0v) is 11.7. The summed E-state index contributed by atoms with van der Waals surface area (Å²) in [6.07, 6.45) is 0. The fraction of sp³-hybridized carbons (Fsp3) is 0.600. The molecule has 0 aromatic heterocycles. The molecule has 0 aliphatic rings. The molecule has 1 rings (SSSR count). The number of methoxy groups -OCH3 is 2. The third-order valence-electron chi connectivity index (χ3n) is 3.19. The number of rotatable bonds is 9.